The molecule has 1 fully saturated rings. The number of nitrogens with one attached hydrogen (secondary N) is 3. The highest BCUT2D eigenvalue weighted by atomic mass is 16.5. The van der Waals surface area contributed by atoms with E-state index in [9.17, 15) is 14.4 Å². The fourth-order valence-corrected chi connectivity index (χ4v) is 4.58. The number of benzene rings is 2. The first-order valence-corrected chi connectivity index (χ1v) is 12.0. The summed E-state index contributed by atoms with van der Waals surface area (Å²) in [5, 5.41) is 8.41. The number of ether oxygens (including phenoxy) is 2. The molecule has 0 aliphatic carbocycles. The Balaban J connectivity index is 1.46. The summed E-state index contributed by atoms with van der Waals surface area (Å²) in [6, 6.07) is 11.9. The molecular weight excluding hydrogens is 448 g/mol. The van der Waals surface area contributed by atoms with Gasteiger partial charge in [0.15, 0.2) is 0 Å². The first-order valence-electron chi connectivity index (χ1n) is 12.0. The van der Waals surface area contributed by atoms with Crippen LogP contribution < -0.4 is 20.7 Å². The van der Waals surface area contributed by atoms with Gasteiger partial charge in [-0.1, -0.05) is 18.2 Å². The summed E-state index contributed by atoms with van der Waals surface area (Å²) in [6.07, 6.45) is 1.16. The van der Waals surface area contributed by atoms with Crippen LogP contribution in [0.5, 0.6) is 5.75 Å². The molecular formula is C26H32N4O5. The van der Waals surface area contributed by atoms with E-state index in [1.54, 1.807) is 30.1 Å². The van der Waals surface area contributed by atoms with Gasteiger partial charge in [-0.15, -0.1) is 0 Å². The summed E-state index contributed by atoms with van der Waals surface area (Å²) >= 11 is 0. The Morgan fingerprint density at radius 3 is 2.69 bits per heavy atom. The molecule has 1 saturated heterocycles. The number of nitrogens with zero attached hydrogens (tertiary/aromatic N) is 1. The van der Waals surface area contributed by atoms with Crippen molar-refractivity contribution >= 4 is 29.2 Å². The molecule has 9 heteroatoms. The summed E-state index contributed by atoms with van der Waals surface area (Å²) in [6.45, 7) is 4.64. The maximum absolute atomic E-state index is 13.4. The van der Waals surface area contributed by atoms with Crippen molar-refractivity contribution in [3.63, 3.8) is 0 Å². The van der Waals surface area contributed by atoms with Crippen molar-refractivity contribution in [3.05, 3.63) is 53.6 Å². The number of hydrogen-bond acceptors (Lipinski definition) is 5. The van der Waals surface area contributed by atoms with Crippen molar-refractivity contribution in [2.75, 3.05) is 30.8 Å². The SMILES string of the molecule is CCNC(=O)C[C@H]1CC[C@@H]2[C@@H](COc3ccc(NC(=O)Nc4ccccc4C)cc3C(=O)N2C)O1. The molecule has 0 saturated carbocycles. The second-order valence-corrected chi connectivity index (χ2v) is 8.93. The van der Waals surface area contributed by atoms with Gasteiger partial charge in [0.1, 0.15) is 18.5 Å². The lowest BCUT2D eigenvalue weighted by molar-refractivity contribution is -0.133. The minimum absolute atomic E-state index is 0.0380. The number of urea groups is 1. The second-order valence-electron chi connectivity index (χ2n) is 8.93. The van der Waals surface area contributed by atoms with Gasteiger partial charge in [-0.2, -0.15) is 0 Å². The highest BCUT2D eigenvalue weighted by Crippen LogP contribution is 2.32. The molecule has 0 unspecified atom stereocenters. The number of hydrogen-bond donors (Lipinski definition) is 3. The summed E-state index contributed by atoms with van der Waals surface area (Å²) in [5.41, 5.74) is 2.52. The van der Waals surface area contributed by atoms with Crippen molar-refractivity contribution < 1.29 is 23.9 Å². The lowest BCUT2D eigenvalue weighted by Gasteiger charge is -2.42. The summed E-state index contributed by atoms with van der Waals surface area (Å²) in [4.78, 5) is 39.5. The van der Waals surface area contributed by atoms with Crippen LogP contribution in [0.1, 0.15) is 42.1 Å². The lowest BCUT2D eigenvalue weighted by Crippen LogP contribution is -2.54. The number of para-hydroxylation sites is 1. The van der Waals surface area contributed by atoms with Gasteiger partial charge in [-0.05, 0) is 56.5 Å². The molecule has 35 heavy (non-hydrogen) atoms. The van der Waals surface area contributed by atoms with E-state index in [-0.39, 0.29) is 36.7 Å². The molecule has 4 rings (SSSR count). The lowest BCUT2D eigenvalue weighted by atomic mass is 9.94. The van der Waals surface area contributed by atoms with Gasteiger partial charge < -0.3 is 30.3 Å². The van der Waals surface area contributed by atoms with Crippen molar-refractivity contribution in [1.29, 1.82) is 0 Å². The van der Waals surface area contributed by atoms with Crippen LogP contribution >= 0.6 is 0 Å². The Labute approximate surface area is 205 Å². The van der Waals surface area contributed by atoms with Crippen molar-refractivity contribution in [2.24, 2.45) is 0 Å². The topological polar surface area (TPSA) is 109 Å². The number of aryl methyl sites for hydroxylation is 1. The monoisotopic (exact) mass is 480 g/mol. The van der Waals surface area contributed by atoms with E-state index in [1.807, 2.05) is 38.1 Å². The van der Waals surface area contributed by atoms with E-state index in [2.05, 4.69) is 16.0 Å². The Morgan fingerprint density at radius 1 is 1.11 bits per heavy atom. The molecule has 2 aliphatic heterocycles. The first-order chi connectivity index (χ1) is 16.9. The van der Waals surface area contributed by atoms with Crippen LogP contribution in [0.4, 0.5) is 16.2 Å². The molecule has 3 N–H and O–H groups in total. The minimum atomic E-state index is -0.397. The number of amides is 4. The maximum Gasteiger partial charge on any atom is 0.323 e. The van der Waals surface area contributed by atoms with E-state index < -0.39 is 6.03 Å². The smallest absolute Gasteiger partial charge is 0.323 e. The molecule has 186 valence electrons. The molecule has 2 heterocycles. The molecule has 9 nitrogen and oxygen atoms in total. The molecule has 0 spiro atoms. The highest BCUT2D eigenvalue weighted by Gasteiger charge is 2.39. The normalized spacial score (nSPS) is 21.5. The predicted octanol–water partition coefficient (Wildman–Crippen LogP) is 3.55. The summed E-state index contributed by atoms with van der Waals surface area (Å²) in [7, 11) is 1.76. The second kappa shape index (κ2) is 10.8. The van der Waals surface area contributed by atoms with E-state index in [1.165, 1.54) is 0 Å². The van der Waals surface area contributed by atoms with E-state index in [0.717, 1.165) is 5.56 Å². The molecule has 0 aromatic heterocycles. The van der Waals surface area contributed by atoms with Gasteiger partial charge in [0.25, 0.3) is 5.91 Å². The van der Waals surface area contributed by atoms with Crippen molar-refractivity contribution in [1.82, 2.24) is 10.2 Å². The first kappa shape index (κ1) is 24.5. The molecule has 3 atom stereocenters. The third-order valence-corrected chi connectivity index (χ3v) is 6.45. The van der Waals surface area contributed by atoms with Crippen LogP contribution in [0.2, 0.25) is 0 Å². The number of rotatable bonds is 5. The van der Waals surface area contributed by atoms with Gasteiger partial charge >= 0.3 is 6.03 Å². The number of carbonyl (C=O) groups is 3. The molecule has 4 amide bonds. The van der Waals surface area contributed by atoms with Crippen LogP contribution in [-0.2, 0) is 9.53 Å². The van der Waals surface area contributed by atoms with Gasteiger partial charge in [0, 0.05) is 25.0 Å². The van der Waals surface area contributed by atoms with Crippen molar-refractivity contribution in [2.45, 2.75) is 51.4 Å². The van der Waals surface area contributed by atoms with Crippen LogP contribution in [0.3, 0.4) is 0 Å². The fraction of sp³-hybridized carbons (Fsp3) is 0.423. The predicted molar refractivity (Wildman–Crippen MR) is 133 cm³/mol. The molecule has 2 aromatic carbocycles. The molecule has 0 bridgehead atoms. The fourth-order valence-electron chi connectivity index (χ4n) is 4.58. The zero-order valence-electron chi connectivity index (χ0n) is 20.3. The van der Waals surface area contributed by atoms with Gasteiger partial charge in [-0.3, -0.25) is 9.59 Å². The Hall–Kier alpha value is -3.59. The third-order valence-electron chi connectivity index (χ3n) is 6.45. The molecule has 2 aromatic rings. The average molecular weight is 481 g/mol. The Bertz CT molecular complexity index is 1100. The van der Waals surface area contributed by atoms with Gasteiger partial charge in [-0.25, -0.2) is 4.79 Å². The maximum atomic E-state index is 13.4. The van der Waals surface area contributed by atoms with Crippen LogP contribution in [-0.4, -0.2) is 61.2 Å². The quantitative estimate of drug-likeness (QED) is 0.607. The minimum Gasteiger partial charge on any atom is -0.490 e. The number of carbonyl (C=O) groups excluding carboxylic acids is 3. The van der Waals surface area contributed by atoms with Gasteiger partial charge in [0.2, 0.25) is 5.91 Å². The zero-order valence-corrected chi connectivity index (χ0v) is 20.3. The van der Waals surface area contributed by atoms with E-state index in [0.29, 0.717) is 48.5 Å². The Kier molecular flexibility index (Phi) is 7.55. The highest BCUT2D eigenvalue weighted by molar-refractivity contribution is 6.02. The Morgan fingerprint density at radius 2 is 1.91 bits per heavy atom. The third kappa shape index (κ3) is 5.74. The van der Waals surface area contributed by atoms with Crippen molar-refractivity contribution in [3.8, 4) is 5.75 Å². The van der Waals surface area contributed by atoms with Gasteiger partial charge in [0.05, 0.1) is 24.1 Å². The number of anilines is 2. The van der Waals surface area contributed by atoms with Crippen LogP contribution in [0.15, 0.2) is 42.5 Å². The molecule has 2 aliphatic rings. The standard InChI is InChI=1S/C26H32N4O5/c1-4-27-24(31)14-18-10-11-21-23(35-18)15-34-22-12-9-17(13-19(22)25(32)30(21)3)28-26(33)29-20-8-6-5-7-16(20)2/h5-9,12-13,18,21,23H,4,10-11,14-15H2,1-3H3,(H,27,31)(H2,28,29,33)/t18-,21-,23-/m1/s1. The average Bonchev–Trinajstić information content (AvgIpc) is 2.83. The van der Waals surface area contributed by atoms with E-state index >= 15 is 0 Å². The van der Waals surface area contributed by atoms with Crippen LogP contribution in [0.25, 0.3) is 0 Å². The molecule has 0 radical (unpaired) electrons. The summed E-state index contributed by atoms with van der Waals surface area (Å²) in [5.74, 6) is 0.187. The van der Waals surface area contributed by atoms with E-state index in [4.69, 9.17) is 9.47 Å². The summed E-state index contributed by atoms with van der Waals surface area (Å²) < 4.78 is 12.2. The largest absolute Gasteiger partial charge is 0.490 e. The number of fused-ring (bicyclic) bond motifs is 2. The van der Waals surface area contributed by atoms with Crippen LogP contribution in [0, 0.1) is 6.92 Å². The zero-order chi connectivity index (χ0) is 24.9. The number of likely N-dealkylation sites (N-methyl/N-ethyl adjacent to an activating group) is 1.